The van der Waals surface area contributed by atoms with Gasteiger partial charge >= 0.3 is 5.97 Å². The summed E-state index contributed by atoms with van der Waals surface area (Å²) in [5.74, 6) is 0.255. The highest BCUT2D eigenvalue weighted by Gasteiger charge is 2.24. The Labute approximate surface area is 221 Å². The molecule has 1 aliphatic heterocycles. The van der Waals surface area contributed by atoms with Gasteiger partial charge in [0.1, 0.15) is 12.9 Å². The molecule has 2 N–H and O–H groups in total. The number of rotatable bonds is 8. The minimum Gasteiger partial charge on any atom is -0.493 e. The Hall–Kier alpha value is -4.96. The number of nitrogens with zero attached hydrogens (tertiary/aromatic N) is 3. The van der Waals surface area contributed by atoms with E-state index < -0.39 is 11.9 Å². The molecule has 2 heterocycles. The first-order valence-corrected chi connectivity index (χ1v) is 11.7. The Kier molecular flexibility index (Phi) is 7.14. The predicted molar refractivity (Wildman–Crippen MR) is 140 cm³/mol. The Morgan fingerprint density at radius 2 is 1.92 bits per heavy atom. The Morgan fingerprint density at radius 1 is 1.11 bits per heavy atom. The molecule has 1 aromatic heterocycles. The van der Waals surface area contributed by atoms with Gasteiger partial charge in [-0.1, -0.05) is 35.9 Å². The lowest BCUT2D eigenvalue weighted by atomic mass is 10.1. The standard InChI is InChI=1S/C27H20ClN5O5/c1-36-23-13-16(6-11-22(23)37-14-18-4-2-3-5-20(18)28)12-21-27(35)38-26(32-21)17-7-9-19(10-8-17)31-25(34)24-29-15-30-33-24/h2-13,15H,14H2,1H3,(H,31,34)(H,29,30,33). The van der Waals surface area contributed by atoms with E-state index in [1.165, 1.54) is 13.4 Å². The lowest BCUT2D eigenvalue weighted by Gasteiger charge is -2.12. The molecule has 11 heteroatoms. The van der Waals surface area contributed by atoms with Crippen LogP contribution in [0.2, 0.25) is 5.02 Å². The van der Waals surface area contributed by atoms with Gasteiger partial charge in [-0.25, -0.2) is 14.8 Å². The maximum absolute atomic E-state index is 12.5. The summed E-state index contributed by atoms with van der Waals surface area (Å²) in [5.41, 5.74) is 2.76. The van der Waals surface area contributed by atoms with Gasteiger partial charge in [-0.05, 0) is 54.1 Å². The number of esters is 1. The highest BCUT2D eigenvalue weighted by atomic mass is 35.5. The second kappa shape index (κ2) is 11.0. The number of benzene rings is 3. The smallest absolute Gasteiger partial charge is 0.363 e. The minimum atomic E-state index is -0.583. The number of halogens is 1. The molecular formula is C27H20ClN5O5. The highest BCUT2D eigenvalue weighted by Crippen LogP contribution is 2.31. The van der Waals surface area contributed by atoms with E-state index in [4.69, 9.17) is 25.8 Å². The van der Waals surface area contributed by atoms with Crippen LogP contribution < -0.4 is 14.8 Å². The van der Waals surface area contributed by atoms with Gasteiger partial charge < -0.3 is 19.5 Å². The molecule has 1 amide bonds. The molecule has 0 aliphatic carbocycles. The second-order valence-electron chi connectivity index (χ2n) is 7.99. The maximum atomic E-state index is 12.5. The van der Waals surface area contributed by atoms with E-state index in [9.17, 15) is 9.59 Å². The number of hydrogen-bond acceptors (Lipinski definition) is 8. The van der Waals surface area contributed by atoms with Crippen LogP contribution in [0.5, 0.6) is 11.5 Å². The largest absolute Gasteiger partial charge is 0.493 e. The van der Waals surface area contributed by atoms with E-state index in [1.807, 2.05) is 18.2 Å². The van der Waals surface area contributed by atoms with Crippen LogP contribution in [-0.4, -0.2) is 40.1 Å². The average molecular weight is 530 g/mol. The fourth-order valence-corrected chi connectivity index (χ4v) is 3.75. The van der Waals surface area contributed by atoms with E-state index in [2.05, 4.69) is 25.5 Å². The van der Waals surface area contributed by atoms with E-state index >= 15 is 0 Å². The molecule has 0 atom stereocenters. The number of aliphatic imine (C=N–C) groups is 1. The van der Waals surface area contributed by atoms with E-state index in [0.717, 1.165) is 5.56 Å². The molecule has 0 bridgehead atoms. The van der Waals surface area contributed by atoms with Crippen LogP contribution in [0.15, 0.2) is 83.7 Å². The van der Waals surface area contributed by atoms with Crippen molar-refractivity contribution in [3.63, 3.8) is 0 Å². The summed E-state index contributed by atoms with van der Waals surface area (Å²) in [6, 6.07) is 19.4. The quantitative estimate of drug-likeness (QED) is 0.251. The zero-order chi connectivity index (χ0) is 26.5. The fraction of sp³-hybridized carbons (Fsp3) is 0.0741. The van der Waals surface area contributed by atoms with Crippen LogP contribution in [-0.2, 0) is 16.1 Å². The van der Waals surface area contributed by atoms with Crippen LogP contribution in [0.3, 0.4) is 0 Å². The Balaban J connectivity index is 1.29. The van der Waals surface area contributed by atoms with Gasteiger partial charge in [0.15, 0.2) is 17.2 Å². The summed E-state index contributed by atoms with van der Waals surface area (Å²) in [6.07, 6.45) is 2.85. The minimum absolute atomic E-state index is 0.0924. The molecule has 0 saturated heterocycles. The summed E-state index contributed by atoms with van der Waals surface area (Å²) in [7, 11) is 1.53. The van der Waals surface area contributed by atoms with Gasteiger partial charge in [-0.15, -0.1) is 0 Å². The van der Waals surface area contributed by atoms with Crippen molar-refractivity contribution in [1.82, 2.24) is 15.2 Å². The number of ether oxygens (including phenoxy) is 3. The van der Waals surface area contributed by atoms with E-state index in [-0.39, 0.29) is 24.0 Å². The van der Waals surface area contributed by atoms with Gasteiger partial charge in [0.25, 0.3) is 5.91 Å². The number of methoxy groups -OCH3 is 1. The van der Waals surface area contributed by atoms with E-state index in [1.54, 1.807) is 54.6 Å². The number of amides is 1. The molecule has 10 nitrogen and oxygen atoms in total. The topological polar surface area (TPSA) is 128 Å². The van der Waals surface area contributed by atoms with Gasteiger partial charge in [0.2, 0.25) is 11.7 Å². The number of hydrogen-bond donors (Lipinski definition) is 2. The monoisotopic (exact) mass is 529 g/mol. The first-order chi connectivity index (χ1) is 18.5. The van der Waals surface area contributed by atoms with Gasteiger partial charge in [0.05, 0.1) is 7.11 Å². The molecule has 0 saturated carbocycles. The molecule has 38 heavy (non-hydrogen) atoms. The first-order valence-electron chi connectivity index (χ1n) is 11.3. The number of nitrogens with one attached hydrogen (secondary N) is 2. The van der Waals surface area contributed by atoms with Crippen molar-refractivity contribution in [2.45, 2.75) is 6.61 Å². The normalized spacial score (nSPS) is 13.7. The van der Waals surface area contributed by atoms with Crippen LogP contribution in [0.1, 0.15) is 27.3 Å². The van der Waals surface area contributed by atoms with Gasteiger partial charge in [0, 0.05) is 21.8 Å². The van der Waals surface area contributed by atoms with Gasteiger partial charge in [-0.2, -0.15) is 5.10 Å². The molecule has 1 aliphatic rings. The van der Waals surface area contributed by atoms with Crippen molar-refractivity contribution in [3.8, 4) is 11.5 Å². The summed E-state index contributed by atoms with van der Waals surface area (Å²) in [5, 5.41) is 9.45. The third-order valence-corrected chi connectivity index (χ3v) is 5.84. The van der Waals surface area contributed by atoms with Crippen molar-refractivity contribution in [2.24, 2.45) is 4.99 Å². The van der Waals surface area contributed by atoms with Crippen molar-refractivity contribution < 1.29 is 23.8 Å². The molecule has 190 valence electrons. The Morgan fingerprint density at radius 3 is 2.66 bits per heavy atom. The third kappa shape index (κ3) is 5.55. The number of cyclic esters (lactones) is 1. The SMILES string of the molecule is COc1cc(C=C2N=C(c3ccc(NC(=O)c4ncn[nH]4)cc3)OC2=O)ccc1OCc1ccccc1Cl. The number of carbonyl (C=O) groups excluding carboxylic acids is 2. The summed E-state index contributed by atoms with van der Waals surface area (Å²) in [6.45, 7) is 0.277. The van der Waals surface area contributed by atoms with Crippen molar-refractivity contribution in [1.29, 1.82) is 0 Å². The molecule has 0 radical (unpaired) electrons. The molecule has 5 rings (SSSR count). The number of anilines is 1. The average Bonchev–Trinajstić information content (AvgIpc) is 3.60. The zero-order valence-electron chi connectivity index (χ0n) is 20.0. The zero-order valence-corrected chi connectivity index (χ0v) is 20.7. The van der Waals surface area contributed by atoms with Gasteiger partial charge in [-0.3, -0.25) is 9.89 Å². The summed E-state index contributed by atoms with van der Waals surface area (Å²) >= 11 is 6.20. The summed E-state index contributed by atoms with van der Waals surface area (Å²) < 4.78 is 16.7. The lowest BCUT2D eigenvalue weighted by molar-refractivity contribution is -0.129. The number of H-pyrrole nitrogens is 1. The van der Waals surface area contributed by atoms with Crippen LogP contribution in [0, 0.1) is 0 Å². The number of aromatic amines is 1. The summed E-state index contributed by atoms with van der Waals surface area (Å²) in [4.78, 5) is 32.7. The van der Waals surface area contributed by atoms with E-state index in [0.29, 0.717) is 33.3 Å². The van der Waals surface area contributed by atoms with Crippen molar-refractivity contribution >= 4 is 41.1 Å². The molecular weight excluding hydrogens is 510 g/mol. The van der Waals surface area contributed by atoms with Crippen LogP contribution in [0.25, 0.3) is 6.08 Å². The molecule has 0 fully saturated rings. The highest BCUT2D eigenvalue weighted by molar-refractivity contribution is 6.31. The lowest BCUT2D eigenvalue weighted by Crippen LogP contribution is -2.14. The first kappa shape index (κ1) is 24.7. The second-order valence-corrected chi connectivity index (χ2v) is 8.40. The maximum Gasteiger partial charge on any atom is 0.363 e. The molecule has 4 aromatic rings. The molecule has 0 unspecified atom stereocenters. The van der Waals surface area contributed by atoms with Crippen molar-refractivity contribution in [2.75, 3.05) is 12.4 Å². The predicted octanol–water partition coefficient (Wildman–Crippen LogP) is 4.64. The number of aromatic nitrogens is 3. The van der Waals surface area contributed by atoms with Crippen LogP contribution >= 0.6 is 11.6 Å². The van der Waals surface area contributed by atoms with Crippen molar-refractivity contribution in [3.05, 3.63) is 106 Å². The third-order valence-electron chi connectivity index (χ3n) is 5.47. The fourth-order valence-electron chi connectivity index (χ4n) is 3.56. The molecule has 3 aromatic carbocycles. The number of carbonyl (C=O) groups is 2. The molecule has 0 spiro atoms. The van der Waals surface area contributed by atoms with Crippen LogP contribution in [0.4, 0.5) is 5.69 Å². The Bertz CT molecular complexity index is 1550.